The Bertz CT molecular complexity index is 834. The molecule has 0 aliphatic rings. The molecule has 124 valence electrons. The van der Waals surface area contributed by atoms with E-state index in [9.17, 15) is 0 Å². The third kappa shape index (κ3) is 3.93. The van der Waals surface area contributed by atoms with Crippen LogP contribution >= 0.6 is 0 Å². The molecule has 3 N–H and O–H groups in total. The summed E-state index contributed by atoms with van der Waals surface area (Å²) in [5, 5.41) is 3.15. The zero-order valence-corrected chi connectivity index (χ0v) is 13.9. The highest BCUT2D eigenvalue weighted by atomic mass is 15.1. The van der Waals surface area contributed by atoms with Crippen LogP contribution in [0.4, 0.5) is 5.69 Å². The maximum Gasteiger partial charge on any atom is 0.193 e. The van der Waals surface area contributed by atoms with Crippen molar-refractivity contribution in [1.82, 2.24) is 9.55 Å². The van der Waals surface area contributed by atoms with Gasteiger partial charge >= 0.3 is 0 Å². The van der Waals surface area contributed by atoms with Crippen molar-refractivity contribution >= 4 is 22.7 Å². The molecule has 0 saturated heterocycles. The van der Waals surface area contributed by atoms with Gasteiger partial charge in [0.05, 0.1) is 17.4 Å². The predicted molar refractivity (Wildman–Crippen MR) is 100 cm³/mol. The highest BCUT2D eigenvalue weighted by molar-refractivity contribution is 5.92. The van der Waals surface area contributed by atoms with Gasteiger partial charge in [-0.3, -0.25) is 4.99 Å². The number of nitrogens with two attached hydrogens (primary N) is 1. The number of fused-ring (bicyclic) bond motifs is 1. The Kier molecular flexibility index (Phi) is 5.11. The van der Waals surface area contributed by atoms with Gasteiger partial charge in [-0.25, -0.2) is 4.98 Å². The van der Waals surface area contributed by atoms with E-state index >= 15 is 0 Å². The van der Waals surface area contributed by atoms with Crippen LogP contribution in [0.15, 0.2) is 59.9 Å². The lowest BCUT2D eigenvalue weighted by molar-refractivity contribution is 0.666. The molecular weight excluding hydrogens is 298 g/mol. The molecule has 5 heteroatoms. The van der Waals surface area contributed by atoms with Crippen molar-refractivity contribution in [1.29, 1.82) is 0 Å². The molecule has 0 bridgehead atoms. The first-order chi connectivity index (χ1) is 11.8. The Hall–Kier alpha value is -2.82. The summed E-state index contributed by atoms with van der Waals surface area (Å²) in [5.74, 6) is 0.457. The van der Waals surface area contributed by atoms with E-state index in [-0.39, 0.29) is 0 Å². The minimum atomic E-state index is 0.457. The molecule has 3 aromatic rings. The van der Waals surface area contributed by atoms with Crippen molar-refractivity contribution in [2.24, 2.45) is 10.7 Å². The molecule has 1 aromatic heterocycles. The summed E-state index contributed by atoms with van der Waals surface area (Å²) >= 11 is 0. The molecule has 1 heterocycles. The Balaban J connectivity index is 1.52. The number of benzene rings is 2. The number of aryl methyl sites for hydroxylation is 2. The summed E-state index contributed by atoms with van der Waals surface area (Å²) in [6.45, 7) is 3.69. The van der Waals surface area contributed by atoms with Crippen molar-refractivity contribution in [3.63, 3.8) is 0 Å². The molecule has 0 unspecified atom stereocenters. The Labute approximate surface area is 142 Å². The van der Waals surface area contributed by atoms with Gasteiger partial charge in [0, 0.05) is 18.8 Å². The third-order valence-corrected chi connectivity index (χ3v) is 3.97. The summed E-state index contributed by atoms with van der Waals surface area (Å²) in [5.41, 5.74) is 10.4. The average Bonchev–Trinajstić information content (AvgIpc) is 3.02. The van der Waals surface area contributed by atoms with Crippen molar-refractivity contribution < 1.29 is 0 Å². The first kappa shape index (κ1) is 16.1. The molecule has 0 fully saturated rings. The van der Waals surface area contributed by atoms with Crippen LogP contribution in [-0.2, 0) is 13.0 Å². The lowest BCUT2D eigenvalue weighted by Crippen LogP contribution is -2.23. The van der Waals surface area contributed by atoms with E-state index in [1.165, 1.54) is 5.56 Å². The number of nitrogens with zero attached hydrogens (tertiary/aromatic N) is 3. The number of hydrogen-bond donors (Lipinski definition) is 2. The van der Waals surface area contributed by atoms with Crippen molar-refractivity contribution in [3.05, 3.63) is 60.4 Å². The smallest absolute Gasteiger partial charge is 0.193 e. The van der Waals surface area contributed by atoms with E-state index in [2.05, 4.69) is 45.0 Å². The van der Waals surface area contributed by atoms with Gasteiger partial charge in [0.25, 0.3) is 0 Å². The second kappa shape index (κ2) is 7.64. The predicted octanol–water partition coefficient (Wildman–Crippen LogP) is 3.42. The van der Waals surface area contributed by atoms with E-state index < -0.39 is 0 Å². The normalized spacial score (nSPS) is 11.8. The van der Waals surface area contributed by atoms with Gasteiger partial charge in [-0.1, -0.05) is 31.2 Å². The van der Waals surface area contributed by atoms with Crippen LogP contribution < -0.4 is 11.1 Å². The quantitative estimate of drug-likeness (QED) is 0.415. The molecule has 24 heavy (non-hydrogen) atoms. The molecule has 3 rings (SSSR count). The second-order valence-electron chi connectivity index (χ2n) is 5.73. The molecule has 0 spiro atoms. The monoisotopic (exact) mass is 321 g/mol. The number of hydrogen-bond acceptors (Lipinski definition) is 2. The first-order valence-electron chi connectivity index (χ1n) is 8.32. The van der Waals surface area contributed by atoms with Gasteiger partial charge in [0.1, 0.15) is 0 Å². The summed E-state index contributed by atoms with van der Waals surface area (Å²) in [6.07, 6.45) is 3.80. The third-order valence-electron chi connectivity index (χ3n) is 3.97. The van der Waals surface area contributed by atoms with Crippen LogP contribution in [0.3, 0.4) is 0 Å². The van der Waals surface area contributed by atoms with E-state index in [0.717, 1.165) is 36.1 Å². The fraction of sp³-hybridized carbons (Fsp3) is 0.263. The summed E-state index contributed by atoms with van der Waals surface area (Å²) in [6, 6.07) is 16.4. The highest BCUT2D eigenvalue weighted by Crippen LogP contribution is 2.12. The van der Waals surface area contributed by atoms with Crippen LogP contribution in [0.2, 0.25) is 0 Å². The van der Waals surface area contributed by atoms with E-state index in [0.29, 0.717) is 12.5 Å². The van der Waals surface area contributed by atoms with Gasteiger partial charge in [0.15, 0.2) is 5.96 Å². The summed E-state index contributed by atoms with van der Waals surface area (Å²) in [4.78, 5) is 8.80. The van der Waals surface area contributed by atoms with Gasteiger partial charge in [-0.2, -0.15) is 0 Å². The molecule has 0 aliphatic carbocycles. The number of aliphatic imine (C=N–C) groups is 1. The van der Waals surface area contributed by atoms with Crippen molar-refractivity contribution in [2.75, 3.05) is 11.9 Å². The molecule has 5 nitrogen and oxygen atoms in total. The van der Waals surface area contributed by atoms with Gasteiger partial charge in [-0.05, 0) is 42.7 Å². The molecule has 0 radical (unpaired) electrons. The maximum atomic E-state index is 5.97. The fourth-order valence-electron chi connectivity index (χ4n) is 2.69. The number of para-hydroxylation sites is 2. The maximum absolute atomic E-state index is 5.97. The number of imidazole rings is 1. The number of rotatable bonds is 6. The topological polar surface area (TPSA) is 68.2 Å². The molecular formula is C19H23N5. The summed E-state index contributed by atoms with van der Waals surface area (Å²) < 4.78 is 2.15. The standard InChI is InChI=1S/C19H23N5/c1-2-15-7-5-8-16(13-15)23-19(20)21-11-6-12-24-14-22-17-9-3-4-10-18(17)24/h3-5,7-10,13-14H,2,6,11-12H2,1H3,(H3,20,21,23). The molecule has 2 aromatic carbocycles. The number of aromatic nitrogens is 2. The lowest BCUT2D eigenvalue weighted by Gasteiger charge is -2.07. The van der Waals surface area contributed by atoms with Crippen LogP contribution in [0.25, 0.3) is 11.0 Å². The number of nitrogens with one attached hydrogen (secondary N) is 1. The minimum absolute atomic E-state index is 0.457. The van der Waals surface area contributed by atoms with Crippen LogP contribution in [-0.4, -0.2) is 22.1 Å². The molecule has 0 aliphatic heterocycles. The lowest BCUT2D eigenvalue weighted by atomic mass is 10.1. The van der Waals surface area contributed by atoms with Crippen molar-refractivity contribution in [2.45, 2.75) is 26.3 Å². The van der Waals surface area contributed by atoms with Crippen molar-refractivity contribution in [3.8, 4) is 0 Å². The van der Waals surface area contributed by atoms with Crippen LogP contribution in [0, 0.1) is 0 Å². The Morgan fingerprint density at radius 2 is 2.08 bits per heavy atom. The summed E-state index contributed by atoms with van der Waals surface area (Å²) in [7, 11) is 0. The zero-order valence-electron chi connectivity index (χ0n) is 13.9. The highest BCUT2D eigenvalue weighted by Gasteiger charge is 2.01. The molecule has 0 saturated carbocycles. The van der Waals surface area contributed by atoms with E-state index in [1.807, 2.05) is 36.7 Å². The van der Waals surface area contributed by atoms with Gasteiger partial charge in [0.2, 0.25) is 0 Å². The fourth-order valence-corrected chi connectivity index (χ4v) is 2.69. The first-order valence-corrected chi connectivity index (χ1v) is 8.32. The molecule has 0 atom stereocenters. The SMILES string of the molecule is CCc1cccc(NC(N)=NCCCn2cnc3ccccc32)c1. The zero-order chi connectivity index (χ0) is 16.8. The largest absolute Gasteiger partial charge is 0.370 e. The van der Waals surface area contributed by atoms with Gasteiger partial charge in [-0.15, -0.1) is 0 Å². The second-order valence-corrected chi connectivity index (χ2v) is 5.73. The number of anilines is 1. The van der Waals surface area contributed by atoms with E-state index in [4.69, 9.17) is 5.73 Å². The number of guanidine groups is 1. The van der Waals surface area contributed by atoms with Crippen LogP contribution in [0.1, 0.15) is 18.9 Å². The Morgan fingerprint density at radius 1 is 1.21 bits per heavy atom. The van der Waals surface area contributed by atoms with Gasteiger partial charge < -0.3 is 15.6 Å². The Morgan fingerprint density at radius 3 is 2.96 bits per heavy atom. The van der Waals surface area contributed by atoms with Crippen LogP contribution in [0.5, 0.6) is 0 Å². The minimum Gasteiger partial charge on any atom is -0.370 e. The molecule has 0 amide bonds. The average molecular weight is 321 g/mol. The van der Waals surface area contributed by atoms with E-state index in [1.54, 1.807) is 0 Å².